The second-order valence-corrected chi connectivity index (χ2v) is 9.18. The molecule has 0 aliphatic carbocycles. The monoisotopic (exact) mass is 306 g/mol. The Balaban J connectivity index is 3.38. The summed E-state index contributed by atoms with van der Waals surface area (Å²) < 4.78 is 0. The van der Waals surface area contributed by atoms with Crippen molar-refractivity contribution < 1.29 is 0 Å². The number of hydrogen-bond donors (Lipinski definition) is 1. The lowest BCUT2D eigenvalue weighted by Crippen LogP contribution is -2.26. The Morgan fingerprint density at radius 1 is 0.818 bits per heavy atom. The molecule has 1 N–H and O–H groups in total. The van der Waals surface area contributed by atoms with E-state index in [1.54, 1.807) is 0 Å². The molecule has 0 aromatic carbocycles. The topological polar surface area (TPSA) is 28.7 Å². The Morgan fingerprint density at radius 3 is 1.86 bits per heavy atom. The molecular formula is C20H38N2. The smallest absolute Gasteiger partial charge is 0.112 e. The highest BCUT2D eigenvalue weighted by Gasteiger charge is 2.35. The largest absolute Gasteiger partial charge is 0.345 e. The van der Waals surface area contributed by atoms with Gasteiger partial charge in [0.2, 0.25) is 0 Å². The highest BCUT2D eigenvalue weighted by Crippen LogP contribution is 2.39. The minimum atomic E-state index is 0.0656. The van der Waals surface area contributed by atoms with Crippen LogP contribution in [-0.2, 0) is 16.2 Å². The van der Waals surface area contributed by atoms with E-state index in [2.05, 4.69) is 67.3 Å². The zero-order chi connectivity index (χ0) is 17.2. The Hall–Kier alpha value is -0.790. The summed E-state index contributed by atoms with van der Waals surface area (Å²) in [5.74, 6) is 1.13. The van der Waals surface area contributed by atoms with Gasteiger partial charge in [-0.2, -0.15) is 0 Å². The molecule has 0 saturated heterocycles. The van der Waals surface area contributed by atoms with E-state index >= 15 is 0 Å². The van der Waals surface area contributed by atoms with Crippen molar-refractivity contribution in [3.05, 3.63) is 17.2 Å². The second-order valence-electron chi connectivity index (χ2n) is 9.18. The van der Waals surface area contributed by atoms with Crippen LogP contribution in [0.1, 0.15) is 112 Å². The van der Waals surface area contributed by atoms with Gasteiger partial charge in [-0.1, -0.05) is 81.6 Å². The normalized spacial score (nSPS) is 13.7. The maximum atomic E-state index is 5.09. The predicted octanol–water partition coefficient (Wildman–Crippen LogP) is 6.25. The second kappa shape index (κ2) is 6.76. The number of nitrogens with zero attached hydrogens (tertiary/aromatic N) is 1. The summed E-state index contributed by atoms with van der Waals surface area (Å²) in [6.07, 6.45) is 6.10. The van der Waals surface area contributed by atoms with Crippen LogP contribution in [0.5, 0.6) is 0 Å². The summed E-state index contributed by atoms with van der Waals surface area (Å²) >= 11 is 0. The van der Waals surface area contributed by atoms with Gasteiger partial charge in [0.15, 0.2) is 0 Å². The van der Waals surface area contributed by atoms with Gasteiger partial charge in [-0.3, -0.25) is 0 Å². The van der Waals surface area contributed by atoms with Crippen molar-refractivity contribution in [1.82, 2.24) is 9.97 Å². The zero-order valence-electron chi connectivity index (χ0n) is 16.5. The molecule has 2 heteroatoms. The molecule has 1 aromatic heterocycles. The number of rotatable bonds is 7. The van der Waals surface area contributed by atoms with Crippen LogP contribution in [0.2, 0.25) is 0 Å². The lowest BCUT2D eigenvalue weighted by Gasteiger charge is -2.30. The van der Waals surface area contributed by atoms with E-state index in [4.69, 9.17) is 4.98 Å². The fourth-order valence-electron chi connectivity index (χ4n) is 3.20. The van der Waals surface area contributed by atoms with Crippen molar-refractivity contribution in [2.45, 2.75) is 111 Å². The van der Waals surface area contributed by atoms with Crippen LogP contribution >= 0.6 is 0 Å². The number of hydrogen-bond acceptors (Lipinski definition) is 1. The SMILES string of the molecule is CCCCC(C)(C)c1[nH]c(C(C)(C)C)nc1C(C)(C)CCC. The number of imidazole rings is 1. The number of aromatic nitrogens is 2. The van der Waals surface area contributed by atoms with Crippen molar-refractivity contribution in [3.63, 3.8) is 0 Å². The summed E-state index contributed by atoms with van der Waals surface area (Å²) in [4.78, 5) is 8.81. The van der Waals surface area contributed by atoms with Crippen molar-refractivity contribution >= 4 is 0 Å². The summed E-state index contributed by atoms with van der Waals surface area (Å²) in [6, 6.07) is 0. The minimum absolute atomic E-state index is 0.0656. The summed E-state index contributed by atoms with van der Waals surface area (Å²) in [5, 5.41) is 0. The van der Waals surface area contributed by atoms with E-state index in [0.717, 1.165) is 5.82 Å². The molecule has 0 spiro atoms. The number of H-pyrrole nitrogens is 1. The summed E-state index contributed by atoms with van der Waals surface area (Å²) in [5.41, 5.74) is 3.01. The first-order chi connectivity index (χ1) is 9.95. The van der Waals surface area contributed by atoms with Crippen LogP contribution < -0.4 is 0 Å². The van der Waals surface area contributed by atoms with E-state index < -0.39 is 0 Å². The van der Waals surface area contributed by atoms with Crippen molar-refractivity contribution in [3.8, 4) is 0 Å². The third-order valence-electron chi connectivity index (χ3n) is 4.76. The number of unbranched alkanes of at least 4 members (excludes halogenated alkanes) is 1. The van der Waals surface area contributed by atoms with Gasteiger partial charge in [-0.15, -0.1) is 0 Å². The fraction of sp³-hybridized carbons (Fsp3) is 0.850. The summed E-state index contributed by atoms with van der Waals surface area (Å²) in [7, 11) is 0. The zero-order valence-corrected chi connectivity index (χ0v) is 16.5. The van der Waals surface area contributed by atoms with Crippen LogP contribution in [0.4, 0.5) is 0 Å². The molecule has 0 atom stereocenters. The Labute approximate surface area is 138 Å². The van der Waals surface area contributed by atoms with Gasteiger partial charge in [-0.05, 0) is 12.8 Å². The van der Waals surface area contributed by atoms with E-state index in [1.165, 1.54) is 43.5 Å². The van der Waals surface area contributed by atoms with Gasteiger partial charge in [0, 0.05) is 21.9 Å². The standard InChI is InChI=1S/C20H38N2/c1-10-12-14-20(8,9)16-15(19(6,7)13-11-2)21-17(22-16)18(3,4)5/h10-14H2,1-9H3,(H,21,22). The summed E-state index contributed by atoms with van der Waals surface area (Å²) in [6.45, 7) is 20.7. The first-order valence-corrected chi connectivity index (χ1v) is 9.07. The fourth-order valence-corrected chi connectivity index (χ4v) is 3.20. The quantitative estimate of drug-likeness (QED) is 0.633. The van der Waals surface area contributed by atoms with Crippen molar-refractivity contribution in [1.29, 1.82) is 0 Å². The first-order valence-electron chi connectivity index (χ1n) is 9.07. The molecule has 0 aliphatic heterocycles. The van der Waals surface area contributed by atoms with Crippen LogP contribution in [-0.4, -0.2) is 9.97 Å². The van der Waals surface area contributed by atoms with Crippen LogP contribution in [0, 0.1) is 0 Å². The predicted molar refractivity (Wildman–Crippen MR) is 97.8 cm³/mol. The van der Waals surface area contributed by atoms with Crippen LogP contribution in [0.25, 0.3) is 0 Å². The first kappa shape index (κ1) is 19.3. The van der Waals surface area contributed by atoms with Crippen LogP contribution in [0.15, 0.2) is 0 Å². The Morgan fingerprint density at radius 2 is 1.41 bits per heavy atom. The minimum Gasteiger partial charge on any atom is -0.345 e. The molecule has 0 bridgehead atoms. The van der Waals surface area contributed by atoms with Crippen molar-refractivity contribution in [2.75, 3.05) is 0 Å². The number of nitrogens with one attached hydrogen (secondary N) is 1. The highest BCUT2D eigenvalue weighted by molar-refractivity contribution is 5.31. The average molecular weight is 307 g/mol. The molecular weight excluding hydrogens is 268 g/mol. The third-order valence-corrected chi connectivity index (χ3v) is 4.76. The molecule has 1 aromatic rings. The van der Waals surface area contributed by atoms with Gasteiger partial charge in [0.25, 0.3) is 0 Å². The van der Waals surface area contributed by atoms with E-state index in [0.29, 0.717) is 0 Å². The van der Waals surface area contributed by atoms with Gasteiger partial charge >= 0.3 is 0 Å². The molecule has 0 fully saturated rings. The number of aromatic amines is 1. The van der Waals surface area contributed by atoms with Gasteiger partial charge in [0.1, 0.15) is 5.82 Å². The molecule has 22 heavy (non-hydrogen) atoms. The van der Waals surface area contributed by atoms with E-state index in [-0.39, 0.29) is 16.2 Å². The molecule has 128 valence electrons. The van der Waals surface area contributed by atoms with E-state index in [9.17, 15) is 0 Å². The van der Waals surface area contributed by atoms with Crippen LogP contribution in [0.3, 0.4) is 0 Å². The molecule has 0 saturated carbocycles. The van der Waals surface area contributed by atoms with E-state index in [1.807, 2.05) is 0 Å². The molecule has 0 radical (unpaired) electrons. The van der Waals surface area contributed by atoms with Gasteiger partial charge in [0.05, 0.1) is 5.69 Å². The maximum absolute atomic E-state index is 5.09. The molecule has 0 unspecified atom stereocenters. The third kappa shape index (κ3) is 4.36. The molecule has 1 rings (SSSR count). The lowest BCUT2D eigenvalue weighted by molar-refractivity contribution is 0.409. The van der Waals surface area contributed by atoms with Gasteiger partial charge in [-0.25, -0.2) is 4.98 Å². The Bertz CT molecular complexity index is 472. The molecule has 2 nitrogen and oxygen atoms in total. The van der Waals surface area contributed by atoms with Gasteiger partial charge < -0.3 is 4.98 Å². The maximum Gasteiger partial charge on any atom is 0.112 e. The lowest BCUT2D eigenvalue weighted by atomic mass is 9.76. The molecule has 0 aliphatic rings. The molecule has 1 heterocycles. The highest BCUT2D eigenvalue weighted by atomic mass is 15.0. The average Bonchev–Trinajstić information content (AvgIpc) is 2.82. The molecule has 0 amide bonds. The van der Waals surface area contributed by atoms with Crippen molar-refractivity contribution in [2.24, 2.45) is 0 Å². The Kier molecular flexibility index (Phi) is 5.92.